The molecule has 0 heterocycles. The highest BCUT2D eigenvalue weighted by atomic mass is 16.4. The fourth-order valence-corrected chi connectivity index (χ4v) is 0.433. The summed E-state index contributed by atoms with van der Waals surface area (Å²) in [5.74, 6) is -1.08. The van der Waals surface area contributed by atoms with E-state index in [1.54, 1.807) is 13.8 Å². The van der Waals surface area contributed by atoms with Crippen LogP contribution in [0.25, 0.3) is 0 Å². The van der Waals surface area contributed by atoms with E-state index in [1.165, 1.54) is 0 Å². The zero-order valence-corrected chi connectivity index (χ0v) is 6.16. The van der Waals surface area contributed by atoms with Crippen LogP contribution in [0.1, 0.15) is 13.8 Å². The largest absolute Gasteiger partial charge is 0.480 e. The van der Waals surface area contributed by atoms with Crippen LogP contribution in [0.3, 0.4) is 0 Å². The van der Waals surface area contributed by atoms with E-state index in [1.807, 2.05) is 0 Å². The third kappa shape index (κ3) is 1.97. The lowest BCUT2D eigenvalue weighted by Crippen LogP contribution is -2.45. The van der Waals surface area contributed by atoms with Crippen LogP contribution in [-0.4, -0.2) is 28.8 Å². The van der Waals surface area contributed by atoms with Crippen molar-refractivity contribution in [3.63, 3.8) is 0 Å². The molecule has 0 aliphatic carbocycles. The van der Waals surface area contributed by atoms with Gasteiger partial charge in [0.2, 0.25) is 0 Å². The lowest BCUT2D eigenvalue weighted by molar-refractivity contribution is -0.142. The van der Waals surface area contributed by atoms with Gasteiger partial charge in [-0.05, 0) is 0 Å². The summed E-state index contributed by atoms with van der Waals surface area (Å²) in [6.07, 6.45) is 0. The van der Waals surface area contributed by atoms with Crippen molar-refractivity contribution in [2.45, 2.75) is 19.9 Å². The first-order valence-electron chi connectivity index (χ1n) is 3.01. The number of hydrogen-bond acceptors (Lipinski definition) is 3. The second-order valence-electron chi connectivity index (χ2n) is 2.96. The molecule has 1 atom stereocenters. The number of aliphatic hydroxyl groups is 1. The van der Waals surface area contributed by atoms with Gasteiger partial charge in [-0.3, -0.25) is 4.79 Å². The van der Waals surface area contributed by atoms with E-state index in [0.717, 1.165) is 0 Å². The van der Waals surface area contributed by atoms with Crippen LogP contribution in [0.15, 0.2) is 0 Å². The lowest BCUT2D eigenvalue weighted by Gasteiger charge is -2.25. The minimum Gasteiger partial charge on any atom is -0.480 e. The van der Waals surface area contributed by atoms with Gasteiger partial charge in [-0.1, -0.05) is 13.8 Å². The predicted octanol–water partition coefficient (Wildman–Crippen LogP) is -0.583. The number of carbonyl (C=O) groups is 1. The Morgan fingerprint density at radius 2 is 2.10 bits per heavy atom. The van der Waals surface area contributed by atoms with Gasteiger partial charge in [-0.2, -0.15) is 0 Å². The molecular formula is C6H13NO3. The van der Waals surface area contributed by atoms with Gasteiger partial charge in [0.1, 0.15) is 6.04 Å². The molecule has 0 aromatic carbocycles. The number of carboxylic acid groups (broad SMARTS) is 1. The molecular weight excluding hydrogens is 134 g/mol. The fraction of sp³-hybridized carbons (Fsp3) is 0.833. The first-order chi connectivity index (χ1) is 4.41. The average Bonchev–Trinajstić information content (AvgIpc) is 1.86. The lowest BCUT2D eigenvalue weighted by atomic mass is 9.86. The van der Waals surface area contributed by atoms with Gasteiger partial charge in [0.25, 0.3) is 0 Å². The maximum atomic E-state index is 10.3. The fourth-order valence-electron chi connectivity index (χ4n) is 0.433. The maximum absolute atomic E-state index is 10.3. The minimum absolute atomic E-state index is 0.222. The third-order valence-corrected chi connectivity index (χ3v) is 1.52. The molecule has 0 aliphatic rings. The quantitative estimate of drug-likeness (QED) is 0.498. The highest BCUT2D eigenvalue weighted by Gasteiger charge is 2.30. The number of aliphatic carboxylic acids is 1. The summed E-state index contributed by atoms with van der Waals surface area (Å²) in [5.41, 5.74) is 4.50. The number of rotatable bonds is 3. The summed E-state index contributed by atoms with van der Waals surface area (Å²) in [6.45, 7) is 2.98. The van der Waals surface area contributed by atoms with Crippen molar-refractivity contribution in [1.82, 2.24) is 0 Å². The third-order valence-electron chi connectivity index (χ3n) is 1.52. The van der Waals surface area contributed by atoms with Gasteiger partial charge in [-0.25, -0.2) is 0 Å². The maximum Gasteiger partial charge on any atom is 0.321 e. The molecule has 4 N–H and O–H groups in total. The van der Waals surface area contributed by atoms with Crippen LogP contribution in [0.4, 0.5) is 0 Å². The van der Waals surface area contributed by atoms with E-state index in [-0.39, 0.29) is 6.61 Å². The van der Waals surface area contributed by atoms with Crippen molar-refractivity contribution in [2.24, 2.45) is 11.1 Å². The van der Waals surface area contributed by atoms with E-state index in [4.69, 9.17) is 15.9 Å². The second-order valence-corrected chi connectivity index (χ2v) is 2.96. The number of hydrogen-bond donors (Lipinski definition) is 3. The number of aliphatic hydroxyl groups excluding tert-OH is 1. The van der Waals surface area contributed by atoms with E-state index in [2.05, 4.69) is 0 Å². The van der Waals surface area contributed by atoms with E-state index in [9.17, 15) is 4.79 Å². The van der Waals surface area contributed by atoms with Gasteiger partial charge in [-0.15, -0.1) is 0 Å². The molecule has 4 heteroatoms. The summed E-state index contributed by atoms with van der Waals surface area (Å²) >= 11 is 0. The van der Waals surface area contributed by atoms with Crippen molar-refractivity contribution < 1.29 is 15.0 Å². The smallest absolute Gasteiger partial charge is 0.321 e. The SMILES string of the molecule is CC(C)(CO)[C@H](N)C(=O)O. The molecule has 0 saturated heterocycles. The highest BCUT2D eigenvalue weighted by Crippen LogP contribution is 2.17. The molecule has 4 nitrogen and oxygen atoms in total. The minimum atomic E-state index is -1.08. The molecule has 0 aromatic heterocycles. The molecule has 0 aromatic rings. The van der Waals surface area contributed by atoms with Crippen LogP contribution < -0.4 is 5.73 Å². The Balaban J connectivity index is 4.17. The Morgan fingerprint density at radius 1 is 1.70 bits per heavy atom. The van der Waals surface area contributed by atoms with Gasteiger partial charge in [0.05, 0.1) is 6.61 Å². The number of carboxylic acids is 1. The first kappa shape index (κ1) is 9.39. The van der Waals surface area contributed by atoms with Crippen LogP contribution in [0.5, 0.6) is 0 Å². The first-order valence-corrected chi connectivity index (χ1v) is 3.01. The van der Waals surface area contributed by atoms with Crippen molar-refractivity contribution in [3.05, 3.63) is 0 Å². The van der Waals surface area contributed by atoms with Crippen molar-refractivity contribution >= 4 is 5.97 Å². The molecule has 10 heavy (non-hydrogen) atoms. The molecule has 0 bridgehead atoms. The Morgan fingerprint density at radius 3 is 2.20 bits per heavy atom. The normalized spacial score (nSPS) is 14.8. The molecule has 0 spiro atoms. The molecule has 0 aliphatic heterocycles. The molecule has 0 rings (SSSR count). The summed E-state index contributed by atoms with van der Waals surface area (Å²) in [7, 11) is 0. The summed E-state index contributed by atoms with van der Waals surface area (Å²) in [5, 5.41) is 17.1. The topological polar surface area (TPSA) is 83.5 Å². The molecule has 0 amide bonds. The van der Waals surface area contributed by atoms with Crippen molar-refractivity contribution in [2.75, 3.05) is 6.61 Å². The van der Waals surface area contributed by atoms with Crippen molar-refractivity contribution in [1.29, 1.82) is 0 Å². The molecule has 0 fully saturated rings. The Bertz CT molecular complexity index is 133. The van der Waals surface area contributed by atoms with Gasteiger partial charge >= 0.3 is 5.97 Å². The van der Waals surface area contributed by atoms with Crippen molar-refractivity contribution in [3.8, 4) is 0 Å². The molecule has 60 valence electrons. The standard InChI is InChI=1S/C6H13NO3/c1-6(2,3-8)4(7)5(9)10/h4,8H,3,7H2,1-2H3,(H,9,10)/t4-/m1/s1. The summed E-state index contributed by atoms with van der Waals surface area (Å²) < 4.78 is 0. The monoisotopic (exact) mass is 147 g/mol. The van der Waals surface area contributed by atoms with Crippen LogP contribution in [0.2, 0.25) is 0 Å². The highest BCUT2D eigenvalue weighted by molar-refractivity contribution is 5.74. The zero-order chi connectivity index (χ0) is 8.36. The Kier molecular flexibility index (Phi) is 2.80. The van der Waals surface area contributed by atoms with Crippen LogP contribution >= 0.6 is 0 Å². The number of nitrogens with two attached hydrogens (primary N) is 1. The second kappa shape index (κ2) is 2.98. The van der Waals surface area contributed by atoms with Crippen LogP contribution in [-0.2, 0) is 4.79 Å². The molecule has 0 radical (unpaired) electrons. The Hall–Kier alpha value is -0.610. The zero-order valence-electron chi connectivity index (χ0n) is 6.16. The van der Waals surface area contributed by atoms with Crippen LogP contribution in [0, 0.1) is 5.41 Å². The summed E-state index contributed by atoms with van der Waals surface area (Å²) in [4.78, 5) is 10.3. The molecule has 0 unspecified atom stereocenters. The van der Waals surface area contributed by atoms with E-state index < -0.39 is 17.4 Å². The van der Waals surface area contributed by atoms with Gasteiger partial charge < -0.3 is 15.9 Å². The summed E-state index contributed by atoms with van der Waals surface area (Å²) in [6, 6.07) is -1.00. The average molecular weight is 147 g/mol. The molecule has 0 saturated carbocycles. The van der Waals surface area contributed by atoms with Gasteiger partial charge in [0.15, 0.2) is 0 Å². The predicted molar refractivity (Wildman–Crippen MR) is 36.5 cm³/mol. The Labute approximate surface area is 59.7 Å². The van der Waals surface area contributed by atoms with E-state index in [0.29, 0.717) is 0 Å². The van der Waals surface area contributed by atoms with E-state index >= 15 is 0 Å². The van der Waals surface area contributed by atoms with Gasteiger partial charge in [0, 0.05) is 5.41 Å².